The number of hydrogen-bond acceptors (Lipinski definition) is 3. The molecule has 0 saturated heterocycles. The lowest BCUT2D eigenvalue weighted by atomic mass is 9.95. The summed E-state index contributed by atoms with van der Waals surface area (Å²) >= 11 is 0. The van der Waals surface area contributed by atoms with Crippen LogP contribution in [0.5, 0.6) is 0 Å². The normalized spacial score (nSPS) is 10.8. The molecule has 4 N–H and O–H groups in total. The highest BCUT2D eigenvalue weighted by atomic mass is 35.5. The maximum atomic E-state index is 12.4. The van der Waals surface area contributed by atoms with Crippen molar-refractivity contribution in [1.29, 1.82) is 0 Å². The van der Waals surface area contributed by atoms with Gasteiger partial charge in [0, 0.05) is 17.4 Å². The van der Waals surface area contributed by atoms with Gasteiger partial charge in [0.15, 0.2) is 15.8 Å². The minimum atomic E-state index is -3.57. The summed E-state index contributed by atoms with van der Waals surface area (Å²) < 4.78 is 24.7. The Hall–Kier alpha value is -2.38. The van der Waals surface area contributed by atoms with Gasteiger partial charge in [0.05, 0.1) is 4.90 Å². The highest BCUT2D eigenvalue weighted by Crippen LogP contribution is 2.32. The second-order valence-corrected chi connectivity index (χ2v) is 8.22. The minimum absolute atomic E-state index is 0. The summed E-state index contributed by atoms with van der Waals surface area (Å²) in [5.74, 6) is -1.00. The summed E-state index contributed by atoms with van der Waals surface area (Å²) in [6.45, 7) is 3.94. The fourth-order valence-corrected chi connectivity index (χ4v) is 3.65. The van der Waals surface area contributed by atoms with Crippen molar-refractivity contribution in [2.45, 2.75) is 31.6 Å². The molecule has 2 rings (SSSR count). The molecule has 146 valence electrons. The van der Waals surface area contributed by atoms with Gasteiger partial charge in [0.1, 0.15) is 0 Å². The van der Waals surface area contributed by atoms with Crippen LogP contribution in [0.3, 0.4) is 0 Å². The standard InChI is InChI=1S/C19H23N3O3S.ClH/c1-4-5-14-10-15(13-8-6-12(2)7-9-13)17(26(3,24)25)11-16(14)18(23)22-19(20)21;/h6-11H,4-5H2,1-3H3,(H4,20,21,22,23);1H. The zero-order valence-corrected chi connectivity index (χ0v) is 17.2. The van der Waals surface area contributed by atoms with E-state index in [-0.39, 0.29) is 28.8 Å². The molecule has 0 spiro atoms. The number of sulfone groups is 1. The second-order valence-electron chi connectivity index (χ2n) is 6.24. The summed E-state index contributed by atoms with van der Waals surface area (Å²) in [6, 6.07) is 10.7. The fourth-order valence-electron chi connectivity index (χ4n) is 2.74. The molecule has 0 aliphatic rings. The van der Waals surface area contributed by atoms with Crippen LogP contribution in [0.25, 0.3) is 11.1 Å². The molecular weight excluding hydrogens is 386 g/mol. The molecule has 0 aromatic heterocycles. The Morgan fingerprint density at radius 3 is 2.19 bits per heavy atom. The zero-order valence-electron chi connectivity index (χ0n) is 15.5. The molecule has 2 aromatic carbocycles. The predicted molar refractivity (Wildman–Crippen MR) is 111 cm³/mol. The van der Waals surface area contributed by atoms with Gasteiger partial charge in [0.2, 0.25) is 0 Å². The second kappa shape index (κ2) is 9.01. The quantitative estimate of drug-likeness (QED) is 0.581. The number of nitrogens with zero attached hydrogens (tertiary/aromatic N) is 1. The smallest absolute Gasteiger partial charge is 0.280 e. The van der Waals surface area contributed by atoms with Crippen LogP contribution in [0.4, 0.5) is 0 Å². The summed E-state index contributed by atoms with van der Waals surface area (Å²) in [7, 11) is -3.57. The van der Waals surface area contributed by atoms with Crippen LogP contribution in [0, 0.1) is 6.92 Å². The van der Waals surface area contributed by atoms with E-state index in [1.807, 2.05) is 38.1 Å². The first-order valence-electron chi connectivity index (χ1n) is 8.21. The van der Waals surface area contributed by atoms with Gasteiger partial charge in [-0.1, -0.05) is 43.2 Å². The van der Waals surface area contributed by atoms with Gasteiger partial charge in [-0.15, -0.1) is 12.4 Å². The Balaban J connectivity index is 0.00000364. The molecule has 0 atom stereocenters. The Bertz CT molecular complexity index is 964. The number of rotatable bonds is 5. The molecule has 8 heteroatoms. The van der Waals surface area contributed by atoms with Crippen molar-refractivity contribution >= 4 is 34.1 Å². The van der Waals surface area contributed by atoms with E-state index in [0.29, 0.717) is 17.5 Å². The number of carbonyl (C=O) groups is 1. The molecule has 0 aliphatic heterocycles. The van der Waals surface area contributed by atoms with Crippen LogP contribution in [0.2, 0.25) is 0 Å². The molecule has 0 aliphatic carbocycles. The molecule has 0 bridgehead atoms. The van der Waals surface area contributed by atoms with Crippen LogP contribution in [-0.2, 0) is 16.3 Å². The Labute approximate surface area is 166 Å². The minimum Gasteiger partial charge on any atom is -0.370 e. The molecule has 27 heavy (non-hydrogen) atoms. The third kappa shape index (κ3) is 5.55. The van der Waals surface area contributed by atoms with E-state index in [1.54, 1.807) is 6.07 Å². The number of amides is 1. The van der Waals surface area contributed by atoms with Crippen molar-refractivity contribution in [1.82, 2.24) is 0 Å². The lowest BCUT2D eigenvalue weighted by Gasteiger charge is -2.14. The molecular formula is C19H24ClN3O3S. The van der Waals surface area contributed by atoms with Crippen molar-refractivity contribution in [3.63, 3.8) is 0 Å². The molecule has 1 amide bonds. The third-order valence-electron chi connectivity index (χ3n) is 3.95. The van der Waals surface area contributed by atoms with Crippen LogP contribution in [-0.4, -0.2) is 26.5 Å². The molecule has 2 aromatic rings. The highest BCUT2D eigenvalue weighted by molar-refractivity contribution is 7.90. The number of carbonyl (C=O) groups excluding carboxylic acids is 1. The number of aliphatic imine (C=N–C) groups is 1. The lowest BCUT2D eigenvalue weighted by Crippen LogP contribution is -2.24. The molecule has 6 nitrogen and oxygen atoms in total. The van der Waals surface area contributed by atoms with E-state index in [1.165, 1.54) is 6.07 Å². The molecule has 0 saturated carbocycles. The van der Waals surface area contributed by atoms with Gasteiger partial charge in [-0.2, -0.15) is 4.99 Å². The van der Waals surface area contributed by atoms with Gasteiger partial charge in [-0.3, -0.25) is 4.79 Å². The number of aryl methyl sites for hydroxylation is 2. The first-order chi connectivity index (χ1) is 12.1. The average molecular weight is 410 g/mol. The first kappa shape index (κ1) is 22.7. The van der Waals surface area contributed by atoms with Gasteiger partial charge in [-0.25, -0.2) is 8.42 Å². The van der Waals surface area contributed by atoms with Gasteiger partial charge < -0.3 is 11.5 Å². The van der Waals surface area contributed by atoms with Gasteiger partial charge in [0.25, 0.3) is 5.91 Å². The van der Waals surface area contributed by atoms with E-state index < -0.39 is 15.7 Å². The summed E-state index contributed by atoms with van der Waals surface area (Å²) in [6.07, 6.45) is 2.51. The van der Waals surface area contributed by atoms with E-state index in [9.17, 15) is 13.2 Å². The van der Waals surface area contributed by atoms with Crippen LogP contribution in [0.1, 0.15) is 34.8 Å². The van der Waals surface area contributed by atoms with Crippen molar-refractivity contribution in [2.75, 3.05) is 6.26 Å². The maximum Gasteiger partial charge on any atom is 0.280 e. The van der Waals surface area contributed by atoms with E-state index in [2.05, 4.69) is 4.99 Å². The highest BCUT2D eigenvalue weighted by Gasteiger charge is 2.21. The molecule has 0 unspecified atom stereocenters. The van der Waals surface area contributed by atoms with Gasteiger partial charge >= 0.3 is 0 Å². The maximum absolute atomic E-state index is 12.4. The summed E-state index contributed by atoms with van der Waals surface area (Å²) in [5, 5.41) is 0. The van der Waals surface area contributed by atoms with Crippen molar-refractivity contribution in [2.24, 2.45) is 16.5 Å². The molecule has 0 heterocycles. The van der Waals surface area contributed by atoms with Crippen LogP contribution >= 0.6 is 12.4 Å². The summed E-state index contributed by atoms with van der Waals surface area (Å²) in [5.41, 5.74) is 13.9. The Morgan fingerprint density at radius 2 is 1.70 bits per heavy atom. The van der Waals surface area contributed by atoms with E-state index in [4.69, 9.17) is 11.5 Å². The predicted octanol–water partition coefficient (Wildman–Crippen LogP) is 2.85. The van der Waals surface area contributed by atoms with E-state index >= 15 is 0 Å². The Kier molecular flexibility index (Phi) is 7.56. The third-order valence-corrected chi connectivity index (χ3v) is 5.08. The SMILES string of the molecule is CCCc1cc(-c2ccc(C)cc2)c(S(C)(=O)=O)cc1C(=O)N=C(N)N.Cl. The zero-order chi connectivity index (χ0) is 19.5. The largest absolute Gasteiger partial charge is 0.370 e. The molecule has 0 radical (unpaired) electrons. The van der Waals surface area contributed by atoms with Crippen LogP contribution in [0.15, 0.2) is 46.3 Å². The number of hydrogen-bond donors (Lipinski definition) is 2. The van der Waals surface area contributed by atoms with Gasteiger partial charge in [-0.05, 0) is 36.6 Å². The van der Waals surface area contributed by atoms with E-state index in [0.717, 1.165) is 23.8 Å². The molecule has 0 fully saturated rings. The number of benzene rings is 2. The Morgan fingerprint density at radius 1 is 1.11 bits per heavy atom. The topological polar surface area (TPSA) is 116 Å². The fraction of sp³-hybridized carbons (Fsp3) is 0.263. The number of guanidine groups is 1. The lowest BCUT2D eigenvalue weighted by molar-refractivity contribution is 0.100. The van der Waals surface area contributed by atoms with Crippen LogP contribution < -0.4 is 11.5 Å². The van der Waals surface area contributed by atoms with Crippen molar-refractivity contribution < 1.29 is 13.2 Å². The van der Waals surface area contributed by atoms with Crippen molar-refractivity contribution in [3.05, 3.63) is 53.1 Å². The summed E-state index contributed by atoms with van der Waals surface area (Å²) in [4.78, 5) is 16.0. The average Bonchev–Trinajstić information content (AvgIpc) is 2.53. The first-order valence-corrected chi connectivity index (χ1v) is 10.1. The number of nitrogens with two attached hydrogens (primary N) is 2. The monoisotopic (exact) mass is 409 g/mol. The number of halogens is 1. The van der Waals surface area contributed by atoms with Crippen molar-refractivity contribution in [3.8, 4) is 11.1 Å².